The van der Waals surface area contributed by atoms with Crippen molar-refractivity contribution in [1.29, 1.82) is 0 Å². The third-order valence-corrected chi connectivity index (χ3v) is 7.61. The highest BCUT2D eigenvalue weighted by Gasteiger charge is 2.46. The smallest absolute Gasteiger partial charge is 0.223 e. The molecule has 0 N–H and O–H groups in total. The van der Waals surface area contributed by atoms with Gasteiger partial charge in [0.05, 0.1) is 17.9 Å². The van der Waals surface area contributed by atoms with Crippen molar-refractivity contribution in [2.45, 2.75) is 77.4 Å². The third-order valence-electron chi connectivity index (χ3n) is 7.61. The molecule has 2 aliphatic heterocycles. The lowest BCUT2D eigenvalue weighted by Gasteiger charge is -2.47. The van der Waals surface area contributed by atoms with Crippen LogP contribution in [0.4, 0.5) is 0 Å². The second-order valence-corrected chi connectivity index (χ2v) is 10.4. The molecule has 31 heavy (non-hydrogen) atoms. The van der Waals surface area contributed by atoms with Crippen LogP contribution >= 0.6 is 0 Å². The third kappa shape index (κ3) is 4.05. The zero-order chi connectivity index (χ0) is 21.6. The summed E-state index contributed by atoms with van der Waals surface area (Å²) >= 11 is 0. The van der Waals surface area contributed by atoms with E-state index in [0.29, 0.717) is 17.9 Å². The van der Waals surface area contributed by atoms with Crippen LogP contribution in [0.1, 0.15) is 74.8 Å². The number of hydrogen-bond donors (Lipinski definition) is 0. The van der Waals surface area contributed by atoms with Crippen LogP contribution in [0.25, 0.3) is 0 Å². The van der Waals surface area contributed by atoms with Gasteiger partial charge in [-0.05, 0) is 71.0 Å². The molecule has 166 valence electrons. The Morgan fingerprint density at radius 2 is 1.87 bits per heavy atom. The molecule has 1 saturated heterocycles. The first-order chi connectivity index (χ1) is 14.9. The number of fused-ring (bicyclic) bond motifs is 2. The molecule has 1 aromatic carbocycles. The number of hydrogen-bond acceptors (Lipinski definition) is 3. The van der Waals surface area contributed by atoms with Gasteiger partial charge < -0.3 is 9.47 Å². The SMILES string of the molecule is Cc1nc2c(n1C(C)C)CN(C(=O)CC1CC1)CC21CCN(Cc2ccccc2)CC1. The Labute approximate surface area is 186 Å². The number of aromatic nitrogens is 2. The fourth-order valence-corrected chi connectivity index (χ4v) is 5.78. The Morgan fingerprint density at radius 3 is 2.52 bits per heavy atom. The van der Waals surface area contributed by atoms with Crippen LogP contribution in [0.15, 0.2) is 30.3 Å². The average Bonchev–Trinajstić information content (AvgIpc) is 3.49. The molecule has 1 aromatic heterocycles. The highest BCUT2D eigenvalue weighted by atomic mass is 16.2. The molecule has 0 radical (unpaired) electrons. The van der Waals surface area contributed by atoms with Gasteiger partial charge in [-0.25, -0.2) is 4.98 Å². The lowest BCUT2D eigenvalue weighted by Crippen LogP contribution is -2.53. The first-order valence-corrected chi connectivity index (χ1v) is 12.1. The van der Waals surface area contributed by atoms with E-state index < -0.39 is 0 Å². The van der Waals surface area contributed by atoms with Crippen LogP contribution in [0, 0.1) is 12.8 Å². The van der Waals surface area contributed by atoms with Crippen molar-refractivity contribution in [3.8, 4) is 0 Å². The zero-order valence-corrected chi connectivity index (χ0v) is 19.3. The maximum absolute atomic E-state index is 13.2. The summed E-state index contributed by atoms with van der Waals surface area (Å²) in [5, 5.41) is 0. The Hall–Kier alpha value is -2.14. The molecule has 3 heterocycles. The minimum Gasteiger partial charge on any atom is -0.336 e. The van der Waals surface area contributed by atoms with E-state index in [2.05, 4.69) is 65.5 Å². The largest absolute Gasteiger partial charge is 0.336 e. The van der Waals surface area contributed by atoms with E-state index in [1.165, 1.54) is 29.8 Å². The summed E-state index contributed by atoms with van der Waals surface area (Å²) in [4.78, 5) is 23.0. The highest BCUT2D eigenvalue weighted by molar-refractivity contribution is 5.77. The summed E-state index contributed by atoms with van der Waals surface area (Å²) in [5.41, 5.74) is 3.96. The predicted octanol–water partition coefficient (Wildman–Crippen LogP) is 4.45. The molecule has 2 fully saturated rings. The van der Waals surface area contributed by atoms with Crippen molar-refractivity contribution in [1.82, 2.24) is 19.4 Å². The van der Waals surface area contributed by atoms with Crippen LogP contribution in [-0.2, 0) is 23.3 Å². The lowest BCUT2D eigenvalue weighted by molar-refractivity contribution is -0.134. The molecule has 1 saturated carbocycles. The number of aryl methyl sites for hydroxylation is 1. The Bertz CT molecular complexity index is 936. The number of carbonyl (C=O) groups is 1. The van der Waals surface area contributed by atoms with Crippen molar-refractivity contribution >= 4 is 5.91 Å². The van der Waals surface area contributed by atoms with E-state index >= 15 is 0 Å². The van der Waals surface area contributed by atoms with Crippen molar-refractivity contribution < 1.29 is 4.79 Å². The molecule has 0 atom stereocenters. The molecule has 5 heteroatoms. The second kappa shape index (κ2) is 8.09. The van der Waals surface area contributed by atoms with Crippen LogP contribution in [-0.4, -0.2) is 44.9 Å². The molecule has 5 rings (SSSR count). The summed E-state index contributed by atoms with van der Waals surface area (Å²) in [6, 6.07) is 11.1. The fraction of sp³-hybridized carbons (Fsp3) is 0.615. The van der Waals surface area contributed by atoms with Crippen molar-refractivity contribution in [2.24, 2.45) is 5.92 Å². The van der Waals surface area contributed by atoms with Gasteiger partial charge in [-0.15, -0.1) is 0 Å². The number of carbonyl (C=O) groups excluding carboxylic acids is 1. The molecular weight excluding hydrogens is 384 g/mol. The van der Waals surface area contributed by atoms with Crippen LogP contribution < -0.4 is 0 Å². The average molecular weight is 421 g/mol. The predicted molar refractivity (Wildman–Crippen MR) is 123 cm³/mol. The van der Waals surface area contributed by atoms with Gasteiger partial charge in [-0.2, -0.15) is 0 Å². The zero-order valence-electron chi connectivity index (χ0n) is 19.3. The number of likely N-dealkylation sites (tertiary alicyclic amines) is 1. The van der Waals surface area contributed by atoms with Gasteiger partial charge in [0, 0.05) is 31.0 Å². The molecular formula is C26H36N4O. The summed E-state index contributed by atoms with van der Waals surface area (Å²) in [5.74, 6) is 2.09. The maximum Gasteiger partial charge on any atom is 0.223 e. The number of amides is 1. The van der Waals surface area contributed by atoms with E-state index in [9.17, 15) is 4.79 Å². The minimum absolute atomic E-state index is 0.00484. The molecule has 1 aliphatic carbocycles. The second-order valence-electron chi connectivity index (χ2n) is 10.4. The van der Waals surface area contributed by atoms with Gasteiger partial charge in [0.1, 0.15) is 5.82 Å². The van der Waals surface area contributed by atoms with Crippen molar-refractivity contribution in [3.05, 3.63) is 53.1 Å². The number of nitrogens with zero attached hydrogens (tertiary/aromatic N) is 4. The Balaban J connectivity index is 1.40. The molecule has 1 spiro atoms. The summed E-state index contributed by atoms with van der Waals surface area (Å²) < 4.78 is 2.38. The van der Waals surface area contributed by atoms with Crippen molar-refractivity contribution in [3.63, 3.8) is 0 Å². The van der Waals surface area contributed by atoms with Gasteiger partial charge >= 0.3 is 0 Å². The number of rotatable bonds is 5. The van der Waals surface area contributed by atoms with Gasteiger partial charge in [-0.3, -0.25) is 9.69 Å². The first kappa shape index (κ1) is 20.7. The van der Waals surface area contributed by atoms with Crippen LogP contribution in [0.3, 0.4) is 0 Å². The van der Waals surface area contributed by atoms with E-state index in [1.807, 2.05) is 0 Å². The molecule has 3 aliphatic rings. The Morgan fingerprint density at radius 1 is 1.16 bits per heavy atom. The molecule has 5 nitrogen and oxygen atoms in total. The first-order valence-electron chi connectivity index (χ1n) is 12.1. The van der Waals surface area contributed by atoms with E-state index in [-0.39, 0.29) is 5.41 Å². The number of benzene rings is 1. The maximum atomic E-state index is 13.2. The normalized spacial score (nSPS) is 21.0. The summed E-state index contributed by atoms with van der Waals surface area (Å²) in [6.45, 7) is 11.3. The standard InChI is InChI=1S/C26H36N4O/c1-19(2)30-20(3)27-25-23(30)17-29(24(31)15-21-9-10-21)18-26(25)11-13-28(14-12-26)16-22-7-5-4-6-8-22/h4-8,19,21H,9-18H2,1-3H3. The summed E-state index contributed by atoms with van der Waals surface area (Å²) in [6.07, 6.45) is 5.35. The number of piperidine rings is 1. The van der Waals surface area contributed by atoms with Crippen molar-refractivity contribution in [2.75, 3.05) is 19.6 Å². The van der Waals surface area contributed by atoms with E-state index in [1.54, 1.807) is 0 Å². The lowest BCUT2D eigenvalue weighted by atomic mass is 9.72. The minimum atomic E-state index is 0.00484. The van der Waals surface area contributed by atoms with Gasteiger partial charge in [-0.1, -0.05) is 30.3 Å². The quantitative estimate of drug-likeness (QED) is 0.718. The topological polar surface area (TPSA) is 41.4 Å². The number of imidazole rings is 1. The monoisotopic (exact) mass is 420 g/mol. The molecule has 1 amide bonds. The molecule has 2 aromatic rings. The van der Waals surface area contributed by atoms with E-state index in [0.717, 1.165) is 57.8 Å². The molecule has 0 unspecified atom stereocenters. The summed E-state index contributed by atoms with van der Waals surface area (Å²) in [7, 11) is 0. The van der Waals surface area contributed by atoms with Crippen LogP contribution in [0.2, 0.25) is 0 Å². The van der Waals surface area contributed by atoms with E-state index in [4.69, 9.17) is 4.98 Å². The Kier molecular flexibility index (Phi) is 5.41. The van der Waals surface area contributed by atoms with Gasteiger partial charge in [0.2, 0.25) is 5.91 Å². The van der Waals surface area contributed by atoms with Gasteiger partial charge in [0.25, 0.3) is 0 Å². The van der Waals surface area contributed by atoms with Gasteiger partial charge in [0.15, 0.2) is 0 Å². The molecule has 0 bridgehead atoms. The highest BCUT2D eigenvalue weighted by Crippen LogP contribution is 2.43. The fourth-order valence-electron chi connectivity index (χ4n) is 5.78. The van der Waals surface area contributed by atoms with Crippen LogP contribution in [0.5, 0.6) is 0 Å².